The first-order valence-corrected chi connectivity index (χ1v) is 6.65. The van der Waals surface area contributed by atoms with Gasteiger partial charge in [0.15, 0.2) is 0 Å². The summed E-state index contributed by atoms with van der Waals surface area (Å²) in [4.78, 5) is 12.0. The van der Waals surface area contributed by atoms with Gasteiger partial charge in [-0.25, -0.2) is 0 Å². The average Bonchev–Trinajstić information content (AvgIpc) is 2.32. The summed E-state index contributed by atoms with van der Waals surface area (Å²) in [6.07, 6.45) is 3.82. The van der Waals surface area contributed by atoms with Gasteiger partial charge in [-0.1, -0.05) is 20.8 Å². The zero-order valence-corrected chi connectivity index (χ0v) is 11.4. The Morgan fingerprint density at radius 3 is 2.53 bits per heavy atom. The van der Waals surface area contributed by atoms with Crippen LogP contribution >= 0.6 is 0 Å². The van der Waals surface area contributed by atoms with E-state index in [1.54, 1.807) is 6.92 Å². The molecule has 0 aromatic heterocycles. The lowest BCUT2D eigenvalue weighted by atomic mass is 9.78. The van der Waals surface area contributed by atoms with Gasteiger partial charge >= 0.3 is 0 Å². The Morgan fingerprint density at radius 2 is 2.06 bits per heavy atom. The molecule has 1 saturated carbocycles. The number of rotatable bonds is 3. The second-order valence-electron chi connectivity index (χ2n) is 5.74. The molecule has 0 radical (unpaired) electrons. The van der Waals surface area contributed by atoms with E-state index >= 15 is 0 Å². The summed E-state index contributed by atoms with van der Waals surface area (Å²) in [5, 5.41) is 12.1. The minimum atomic E-state index is -0.869. The number of amides is 1. The van der Waals surface area contributed by atoms with Gasteiger partial charge in [-0.05, 0) is 44.4 Å². The molecule has 17 heavy (non-hydrogen) atoms. The summed E-state index contributed by atoms with van der Waals surface area (Å²) in [5.41, 5.74) is -0.869. The van der Waals surface area contributed by atoms with Crippen LogP contribution in [-0.2, 0) is 4.79 Å². The minimum Gasteiger partial charge on any atom is -0.352 e. The number of nitriles is 1. The number of nitrogens with zero attached hydrogens (tertiary/aromatic N) is 1. The average molecular weight is 236 g/mol. The molecular formula is C14H24N2O. The maximum atomic E-state index is 12.0. The Labute approximate surface area is 105 Å². The van der Waals surface area contributed by atoms with Gasteiger partial charge in [0.05, 0.1) is 6.07 Å². The van der Waals surface area contributed by atoms with Crippen molar-refractivity contribution in [2.45, 2.75) is 59.4 Å². The van der Waals surface area contributed by atoms with Crippen molar-refractivity contribution in [1.29, 1.82) is 5.26 Å². The molecule has 1 amide bonds. The number of carbonyl (C=O) groups is 1. The van der Waals surface area contributed by atoms with Crippen molar-refractivity contribution in [3.63, 3.8) is 0 Å². The van der Waals surface area contributed by atoms with Gasteiger partial charge in [0.2, 0.25) is 5.91 Å². The Kier molecular flexibility index (Phi) is 4.56. The van der Waals surface area contributed by atoms with Crippen LogP contribution in [-0.4, -0.2) is 11.9 Å². The standard InChI is InChI=1S/C14H24N2O/c1-5-14(4,9-15)13(17)16-12-7-6-10(2)11(3)8-12/h10-12H,5-8H2,1-4H3,(H,16,17). The van der Waals surface area contributed by atoms with Crippen LogP contribution in [0.3, 0.4) is 0 Å². The molecule has 0 aromatic carbocycles. The lowest BCUT2D eigenvalue weighted by molar-refractivity contribution is -0.128. The summed E-state index contributed by atoms with van der Waals surface area (Å²) in [7, 11) is 0. The Bertz CT molecular complexity index is 321. The summed E-state index contributed by atoms with van der Waals surface area (Å²) in [6, 6.07) is 2.38. The molecular weight excluding hydrogens is 212 g/mol. The molecule has 1 N–H and O–H groups in total. The highest BCUT2D eigenvalue weighted by molar-refractivity contribution is 5.85. The molecule has 0 bridgehead atoms. The molecule has 0 aliphatic heterocycles. The van der Waals surface area contributed by atoms with E-state index in [1.165, 1.54) is 6.42 Å². The Balaban J connectivity index is 2.56. The van der Waals surface area contributed by atoms with Crippen LogP contribution < -0.4 is 5.32 Å². The number of carbonyl (C=O) groups excluding carboxylic acids is 1. The fourth-order valence-corrected chi connectivity index (χ4v) is 2.31. The molecule has 1 aliphatic carbocycles. The fraction of sp³-hybridized carbons (Fsp3) is 0.857. The SMILES string of the molecule is CCC(C)(C#N)C(=O)NC1CCC(C)C(C)C1. The van der Waals surface area contributed by atoms with Crippen LogP contribution in [0.5, 0.6) is 0 Å². The lowest BCUT2D eigenvalue weighted by Gasteiger charge is -2.34. The third-order valence-corrected chi connectivity index (χ3v) is 4.39. The number of hydrogen-bond donors (Lipinski definition) is 1. The van der Waals surface area contributed by atoms with Crippen molar-refractivity contribution < 1.29 is 4.79 Å². The largest absolute Gasteiger partial charge is 0.352 e. The van der Waals surface area contributed by atoms with E-state index in [2.05, 4.69) is 25.2 Å². The van der Waals surface area contributed by atoms with Crippen LogP contribution in [0.25, 0.3) is 0 Å². The van der Waals surface area contributed by atoms with Crippen molar-refractivity contribution >= 4 is 5.91 Å². The van der Waals surface area contributed by atoms with Crippen LogP contribution in [0.1, 0.15) is 53.4 Å². The van der Waals surface area contributed by atoms with Crippen LogP contribution in [0.15, 0.2) is 0 Å². The quantitative estimate of drug-likeness (QED) is 0.819. The highest BCUT2D eigenvalue weighted by Gasteiger charge is 2.34. The zero-order valence-electron chi connectivity index (χ0n) is 11.4. The third-order valence-electron chi connectivity index (χ3n) is 4.39. The lowest BCUT2D eigenvalue weighted by Crippen LogP contribution is -2.45. The fourth-order valence-electron chi connectivity index (χ4n) is 2.31. The molecule has 3 nitrogen and oxygen atoms in total. The van der Waals surface area contributed by atoms with E-state index in [1.807, 2.05) is 6.92 Å². The van der Waals surface area contributed by atoms with Crippen molar-refractivity contribution in [2.75, 3.05) is 0 Å². The second kappa shape index (κ2) is 5.53. The van der Waals surface area contributed by atoms with Gasteiger partial charge in [0.1, 0.15) is 5.41 Å². The first-order valence-electron chi connectivity index (χ1n) is 6.65. The number of nitrogens with one attached hydrogen (secondary N) is 1. The first kappa shape index (κ1) is 14.0. The van der Waals surface area contributed by atoms with E-state index in [0.717, 1.165) is 18.8 Å². The molecule has 3 heteroatoms. The minimum absolute atomic E-state index is 0.103. The normalized spacial score (nSPS) is 32.3. The summed E-state index contributed by atoms with van der Waals surface area (Å²) >= 11 is 0. The van der Waals surface area contributed by atoms with Crippen LogP contribution in [0.4, 0.5) is 0 Å². The predicted molar refractivity (Wildman–Crippen MR) is 68.1 cm³/mol. The molecule has 1 fully saturated rings. The molecule has 1 rings (SSSR count). The first-order chi connectivity index (χ1) is 7.92. The molecule has 0 saturated heterocycles. The van der Waals surface area contributed by atoms with E-state index < -0.39 is 5.41 Å². The van der Waals surface area contributed by atoms with E-state index in [9.17, 15) is 4.79 Å². The van der Waals surface area contributed by atoms with Gasteiger partial charge in [-0.3, -0.25) is 4.79 Å². The molecule has 4 unspecified atom stereocenters. The van der Waals surface area contributed by atoms with Crippen LogP contribution in [0, 0.1) is 28.6 Å². The zero-order chi connectivity index (χ0) is 13.1. The van der Waals surface area contributed by atoms with Gasteiger partial charge in [0, 0.05) is 6.04 Å². The van der Waals surface area contributed by atoms with Gasteiger partial charge in [-0.15, -0.1) is 0 Å². The van der Waals surface area contributed by atoms with E-state index in [-0.39, 0.29) is 11.9 Å². The second-order valence-corrected chi connectivity index (χ2v) is 5.74. The molecule has 4 atom stereocenters. The summed E-state index contributed by atoms with van der Waals surface area (Å²) in [6.45, 7) is 8.12. The third kappa shape index (κ3) is 3.21. The molecule has 1 aliphatic rings. The van der Waals surface area contributed by atoms with Gasteiger partial charge < -0.3 is 5.32 Å². The molecule has 0 aromatic rings. The molecule has 96 valence electrons. The summed E-state index contributed by atoms with van der Waals surface area (Å²) in [5.74, 6) is 1.30. The maximum Gasteiger partial charge on any atom is 0.240 e. The van der Waals surface area contributed by atoms with E-state index in [0.29, 0.717) is 12.3 Å². The highest BCUT2D eigenvalue weighted by atomic mass is 16.2. The summed E-state index contributed by atoms with van der Waals surface area (Å²) < 4.78 is 0. The topological polar surface area (TPSA) is 52.9 Å². The van der Waals surface area contributed by atoms with Crippen molar-refractivity contribution in [3.8, 4) is 6.07 Å². The van der Waals surface area contributed by atoms with Crippen molar-refractivity contribution in [3.05, 3.63) is 0 Å². The predicted octanol–water partition coefficient (Wildman–Crippen LogP) is 2.87. The molecule has 0 heterocycles. The smallest absolute Gasteiger partial charge is 0.240 e. The van der Waals surface area contributed by atoms with Crippen molar-refractivity contribution in [2.24, 2.45) is 17.3 Å². The van der Waals surface area contributed by atoms with Gasteiger partial charge in [0.25, 0.3) is 0 Å². The highest BCUT2D eigenvalue weighted by Crippen LogP contribution is 2.30. The van der Waals surface area contributed by atoms with Gasteiger partial charge in [-0.2, -0.15) is 5.26 Å². The monoisotopic (exact) mass is 236 g/mol. The maximum absolute atomic E-state index is 12.0. The van der Waals surface area contributed by atoms with E-state index in [4.69, 9.17) is 5.26 Å². The van der Waals surface area contributed by atoms with Crippen molar-refractivity contribution in [1.82, 2.24) is 5.32 Å². The Hall–Kier alpha value is -1.04. The number of hydrogen-bond acceptors (Lipinski definition) is 2. The molecule has 0 spiro atoms. The Morgan fingerprint density at radius 1 is 1.41 bits per heavy atom. The van der Waals surface area contributed by atoms with Crippen LogP contribution in [0.2, 0.25) is 0 Å².